The number of guanidine groups is 1. The third-order valence-electron chi connectivity index (χ3n) is 4.40. The van der Waals surface area contributed by atoms with Crippen molar-refractivity contribution in [2.75, 3.05) is 13.2 Å². The molecule has 0 amide bonds. The molecule has 0 saturated heterocycles. The SMILES string of the molecule is CCNC(=NCc1ccc(Oc2ccccc2OCC)nc1)NCc1nc(C)c(C)o1.I. The van der Waals surface area contributed by atoms with Gasteiger partial charge >= 0.3 is 0 Å². The van der Waals surface area contributed by atoms with Crippen LogP contribution in [0.15, 0.2) is 52.0 Å². The van der Waals surface area contributed by atoms with Crippen LogP contribution in [0, 0.1) is 13.8 Å². The maximum atomic E-state index is 5.87. The van der Waals surface area contributed by atoms with Crippen LogP contribution in [0.4, 0.5) is 0 Å². The molecule has 9 heteroatoms. The summed E-state index contributed by atoms with van der Waals surface area (Å²) in [5.74, 6) is 3.98. The first-order chi connectivity index (χ1) is 15.1. The van der Waals surface area contributed by atoms with Gasteiger partial charge in [0, 0.05) is 18.8 Å². The van der Waals surface area contributed by atoms with Crippen molar-refractivity contribution in [1.29, 1.82) is 0 Å². The van der Waals surface area contributed by atoms with E-state index < -0.39 is 0 Å². The van der Waals surface area contributed by atoms with Crippen molar-refractivity contribution in [3.8, 4) is 17.4 Å². The summed E-state index contributed by atoms with van der Waals surface area (Å²) < 4.78 is 17.1. The molecule has 0 aliphatic heterocycles. The van der Waals surface area contributed by atoms with Crippen LogP contribution in [0.5, 0.6) is 17.4 Å². The fourth-order valence-corrected chi connectivity index (χ4v) is 2.77. The van der Waals surface area contributed by atoms with Gasteiger partial charge in [-0.05, 0) is 45.4 Å². The first-order valence-electron chi connectivity index (χ1n) is 10.4. The Balaban J connectivity index is 0.00000363. The second-order valence-corrected chi connectivity index (χ2v) is 6.78. The fourth-order valence-electron chi connectivity index (χ4n) is 2.77. The molecule has 0 spiro atoms. The van der Waals surface area contributed by atoms with Gasteiger partial charge in [-0.15, -0.1) is 24.0 Å². The molecular formula is C23H30IN5O3. The fraction of sp³-hybridized carbons (Fsp3) is 0.348. The lowest BCUT2D eigenvalue weighted by Crippen LogP contribution is -2.36. The molecule has 0 atom stereocenters. The highest BCUT2D eigenvalue weighted by Gasteiger charge is 2.08. The average molecular weight is 551 g/mol. The van der Waals surface area contributed by atoms with E-state index in [4.69, 9.17) is 13.9 Å². The molecule has 2 aromatic heterocycles. The van der Waals surface area contributed by atoms with Crippen LogP contribution < -0.4 is 20.1 Å². The van der Waals surface area contributed by atoms with E-state index in [1.54, 1.807) is 6.20 Å². The van der Waals surface area contributed by atoms with E-state index >= 15 is 0 Å². The van der Waals surface area contributed by atoms with Crippen molar-refractivity contribution < 1.29 is 13.9 Å². The van der Waals surface area contributed by atoms with Crippen LogP contribution in [0.2, 0.25) is 0 Å². The minimum absolute atomic E-state index is 0. The maximum Gasteiger partial charge on any atom is 0.219 e. The van der Waals surface area contributed by atoms with E-state index in [1.165, 1.54) is 0 Å². The summed E-state index contributed by atoms with van der Waals surface area (Å²) in [6.07, 6.45) is 1.76. The van der Waals surface area contributed by atoms with Crippen LogP contribution in [0.3, 0.4) is 0 Å². The van der Waals surface area contributed by atoms with Gasteiger partial charge in [-0.1, -0.05) is 18.2 Å². The predicted octanol–water partition coefficient (Wildman–Crippen LogP) is 4.75. The largest absolute Gasteiger partial charge is 0.490 e. The van der Waals surface area contributed by atoms with Gasteiger partial charge in [0.25, 0.3) is 0 Å². The molecular weight excluding hydrogens is 521 g/mol. The Bertz CT molecular complexity index is 986. The number of hydrogen-bond acceptors (Lipinski definition) is 6. The zero-order valence-corrected chi connectivity index (χ0v) is 21.2. The Morgan fingerprint density at radius 1 is 1.06 bits per heavy atom. The van der Waals surface area contributed by atoms with E-state index in [-0.39, 0.29) is 24.0 Å². The molecule has 0 radical (unpaired) electrons. The maximum absolute atomic E-state index is 5.87. The van der Waals surface area contributed by atoms with Gasteiger partial charge in [0.2, 0.25) is 11.8 Å². The molecule has 0 unspecified atom stereocenters. The first kappa shape index (κ1) is 25.4. The van der Waals surface area contributed by atoms with Crippen molar-refractivity contribution in [2.24, 2.45) is 4.99 Å². The van der Waals surface area contributed by atoms with Gasteiger partial charge in [-0.25, -0.2) is 15.0 Å². The van der Waals surface area contributed by atoms with Crippen molar-refractivity contribution in [1.82, 2.24) is 20.6 Å². The normalized spacial score (nSPS) is 10.9. The highest BCUT2D eigenvalue weighted by molar-refractivity contribution is 14.0. The number of aryl methyl sites for hydroxylation is 2. The van der Waals surface area contributed by atoms with Crippen molar-refractivity contribution in [3.63, 3.8) is 0 Å². The Morgan fingerprint density at radius 3 is 2.47 bits per heavy atom. The first-order valence-corrected chi connectivity index (χ1v) is 10.4. The quantitative estimate of drug-likeness (QED) is 0.225. The monoisotopic (exact) mass is 551 g/mol. The summed E-state index contributed by atoms with van der Waals surface area (Å²) in [5.41, 5.74) is 1.86. The number of ether oxygens (including phenoxy) is 2. The van der Waals surface area contributed by atoms with E-state index in [2.05, 4.69) is 25.6 Å². The number of halogens is 1. The molecule has 172 valence electrons. The number of rotatable bonds is 9. The van der Waals surface area contributed by atoms with Crippen LogP contribution in [-0.2, 0) is 13.1 Å². The highest BCUT2D eigenvalue weighted by Crippen LogP contribution is 2.30. The summed E-state index contributed by atoms with van der Waals surface area (Å²) in [6, 6.07) is 11.3. The molecule has 3 aromatic rings. The number of aliphatic imine (C=N–C) groups is 1. The van der Waals surface area contributed by atoms with Gasteiger partial charge in [0.05, 0.1) is 25.4 Å². The Labute approximate surface area is 205 Å². The summed E-state index contributed by atoms with van der Waals surface area (Å²) in [6.45, 7) is 10.0. The number of nitrogens with zero attached hydrogens (tertiary/aromatic N) is 3. The summed E-state index contributed by atoms with van der Waals surface area (Å²) >= 11 is 0. The van der Waals surface area contributed by atoms with E-state index in [0.717, 1.165) is 23.6 Å². The predicted molar refractivity (Wildman–Crippen MR) is 135 cm³/mol. The lowest BCUT2D eigenvalue weighted by molar-refractivity contribution is 0.319. The molecule has 0 saturated carbocycles. The molecule has 2 N–H and O–H groups in total. The highest BCUT2D eigenvalue weighted by atomic mass is 127. The minimum atomic E-state index is 0. The molecule has 3 rings (SSSR count). The lowest BCUT2D eigenvalue weighted by Gasteiger charge is -2.11. The van der Waals surface area contributed by atoms with Gasteiger partial charge < -0.3 is 24.5 Å². The second-order valence-electron chi connectivity index (χ2n) is 6.78. The topological polar surface area (TPSA) is 93.8 Å². The van der Waals surface area contributed by atoms with Crippen LogP contribution in [0.1, 0.15) is 36.8 Å². The van der Waals surface area contributed by atoms with E-state index in [0.29, 0.717) is 48.9 Å². The second kappa shape index (κ2) is 12.9. The number of hydrogen-bond donors (Lipinski definition) is 2. The molecule has 0 fully saturated rings. The van der Waals surface area contributed by atoms with E-state index in [1.807, 2.05) is 64.1 Å². The molecule has 0 aliphatic carbocycles. The number of para-hydroxylation sites is 2. The van der Waals surface area contributed by atoms with Crippen LogP contribution in [-0.4, -0.2) is 29.1 Å². The van der Waals surface area contributed by atoms with Crippen LogP contribution in [0.25, 0.3) is 0 Å². The standard InChI is InChI=1S/C23H29N5O3.HI/c1-5-24-23(27-15-22-28-16(3)17(4)30-22)26-14-18-11-12-21(25-13-18)31-20-10-8-7-9-19(20)29-6-2;/h7-13H,5-6,14-15H2,1-4H3,(H2,24,26,27);1H. The Kier molecular flexibility index (Phi) is 10.3. The third-order valence-corrected chi connectivity index (χ3v) is 4.40. The lowest BCUT2D eigenvalue weighted by atomic mass is 10.3. The number of pyridine rings is 1. The van der Waals surface area contributed by atoms with Gasteiger partial charge in [0.15, 0.2) is 17.5 Å². The molecule has 0 aliphatic rings. The van der Waals surface area contributed by atoms with Crippen LogP contribution >= 0.6 is 24.0 Å². The minimum Gasteiger partial charge on any atom is -0.490 e. The zero-order chi connectivity index (χ0) is 22.1. The Morgan fingerprint density at radius 2 is 1.84 bits per heavy atom. The van der Waals surface area contributed by atoms with E-state index in [9.17, 15) is 0 Å². The smallest absolute Gasteiger partial charge is 0.219 e. The molecule has 2 heterocycles. The Hall–Kier alpha value is -2.82. The summed E-state index contributed by atoms with van der Waals surface area (Å²) in [5, 5.41) is 6.45. The van der Waals surface area contributed by atoms with Gasteiger partial charge in [0.1, 0.15) is 5.76 Å². The number of nitrogens with one attached hydrogen (secondary N) is 2. The number of oxazole rings is 1. The molecule has 1 aromatic carbocycles. The van der Waals surface area contributed by atoms with Crippen molar-refractivity contribution >= 4 is 29.9 Å². The average Bonchev–Trinajstić information content (AvgIpc) is 3.10. The summed E-state index contributed by atoms with van der Waals surface area (Å²) in [7, 11) is 0. The number of benzene rings is 1. The summed E-state index contributed by atoms with van der Waals surface area (Å²) in [4.78, 5) is 13.4. The third kappa shape index (κ3) is 7.40. The van der Waals surface area contributed by atoms with Crippen molar-refractivity contribution in [2.45, 2.75) is 40.8 Å². The molecule has 32 heavy (non-hydrogen) atoms. The van der Waals surface area contributed by atoms with Gasteiger partial charge in [-0.2, -0.15) is 0 Å². The molecule has 8 nitrogen and oxygen atoms in total. The van der Waals surface area contributed by atoms with Crippen molar-refractivity contribution in [3.05, 3.63) is 65.5 Å². The molecule has 0 bridgehead atoms. The zero-order valence-electron chi connectivity index (χ0n) is 18.8. The van der Waals surface area contributed by atoms with Gasteiger partial charge in [-0.3, -0.25) is 0 Å². The number of aromatic nitrogens is 2.